The van der Waals surface area contributed by atoms with E-state index in [9.17, 15) is 0 Å². The van der Waals surface area contributed by atoms with Crippen molar-refractivity contribution in [2.24, 2.45) is 5.41 Å². The summed E-state index contributed by atoms with van der Waals surface area (Å²) in [6.45, 7) is 2.42. The summed E-state index contributed by atoms with van der Waals surface area (Å²) in [5.41, 5.74) is 2.76. The molecule has 0 radical (unpaired) electrons. The number of halogens is 1. The van der Waals surface area contributed by atoms with Crippen molar-refractivity contribution in [3.8, 4) is 0 Å². The molecule has 1 aliphatic rings. The fourth-order valence-electron chi connectivity index (χ4n) is 3.15. The van der Waals surface area contributed by atoms with Crippen molar-refractivity contribution in [1.29, 1.82) is 0 Å². The Morgan fingerprint density at radius 1 is 1.16 bits per heavy atom. The molecule has 1 aromatic heterocycles. The highest BCUT2D eigenvalue weighted by molar-refractivity contribution is 9.09. The first-order valence-corrected chi connectivity index (χ1v) is 8.08. The average Bonchev–Trinajstić information content (AvgIpc) is 2.87. The van der Waals surface area contributed by atoms with Crippen LogP contribution in [0.4, 0.5) is 0 Å². The topological polar surface area (TPSA) is 12.9 Å². The molecule has 1 atom stereocenters. The number of benzene rings is 1. The Bertz CT molecular complexity index is 572. The SMILES string of the molecule is CC1(C(Br)Cc2ccc3ccccc3n2)CCCC1. The molecule has 2 aromatic rings. The molecule has 1 aliphatic carbocycles. The number of pyridine rings is 1. The summed E-state index contributed by atoms with van der Waals surface area (Å²) in [5, 5.41) is 1.23. The van der Waals surface area contributed by atoms with Crippen molar-refractivity contribution in [1.82, 2.24) is 4.98 Å². The van der Waals surface area contributed by atoms with E-state index in [2.05, 4.69) is 59.3 Å². The second kappa shape index (κ2) is 5.24. The van der Waals surface area contributed by atoms with Gasteiger partial charge in [-0.25, -0.2) is 0 Å². The smallest absolute Gasteiger partial charge is 0.0705 e. The molecule has 1 saturated carbocycles. The fraction of sp³-hybridized carbons (Fsp3) is 0.471. The third kappa shape index (κ3) is 2.69. The molecule has 0 N–H and O–H groups in total. The number of hydrogen-bond acceptors (Lipinski definition) is 1. The van der Waals surface area contributed by atoms with Crippen LogP contribution in [0.15, 0.2) is 36.4 Å². The molecule has 1 nitrogen and oxygen atoms in total. The molecule has 1 heterocycles. The van der Waals surface area contributed by atoms with E-state index >= 15 is 0 Å². The lowest BCUT2D eigenvalue weighted by atomic mass is 9.83. The highest BCUT2D eigenvalue weighted by Gasteiger charge is 2.35. The molecule has 1 unspecified atom stereocenters. The van der Waals surface area contributed by atoms with Gasteiger partial charge < -0.3 is 0 Å². The van der Waals surface area contributed by atoms with E-state index in [1.165, 1.54) is 36.8 Å². The average molecular weight is 318 g/mol. The minimum atomic E-state index is 0.452. The van der Waals surface area contributed by atoms with Crippen LogP contribution >= 0.6 is 15.9 Å². The number of rotatable bonds is 3. The third-order valence-electron chi connectivity index (χ3n) is 4.55. The van der Waals surface area contributed by atoms with Crippen LogP contribution < -0.4 is 0 Å². The van der Waals surface area contributed by atoms with Gasteiger partial charge in [-0.3, -0.25) is 4.98 Å². The molecule has 1 aromatic carbocycles. The standard InChI is InChI=1S/C17H20BrN/c1-17(10-4-5-11-17)16(18)12-14-9-8-13-6-2-3-7-15(13)19-14/h2-3,6-9,16H,4-5,10-12H2,1H3. The number of para-hydroxylation sites is 1. The summed E-state index contributed by atoms with van der Waals surface area (Å²) in [7, 11) is 0. The molecular weight excluding hydrogens is 298 g/mol. The third-order valence-corrected chi connectivity index (χ3v) is 5.98. The molecule has 19 heavy (non-hydrogen) atoms. The largest absolute Gasteiger partial charge is 0.253 e. The molecule has 3 rings (SSSR count). The van der Waals surface area contributed by atoms with E-state index in [-0.39, 0.29) is 0 Å². The lowest BCUT2D eigenvalue weighted by Crippen LogP contribution is -2.26. The van der Waals surface area contributed by atoms with Crippen molar-refractivity contribution in [3.63, 3.8) is 0 Å². The first kappa shape index (κ1) is 13.1. The Kier molecular flexibility index (Phi) is 3.62. The van der Waals surface area contributed by atoms with E-state index in [0.29, 0.717) is 10.2 Å². The van der Waals surface area contributed by atoms with Crippen LogP contribution in [0.3, 0.4) is 0 Å². The Labute approximate surface area is 123 Å². The molecular formula is C17H20BrN. The van der Waals surface area contributed by atoms with Crippen LogP contribution in [-0.4, -0.2) is 9.81 Å². The highest BCUT2D eigenvalue weighted by Crippen LogP contribution is 2.44. The van der Waals surface area contributed by atoms with E-state index in [1.807, 2.05) is 0 Å². The molecule has 1 fully saturated rings. The van der Waals surface area contributed by atoms with Crippen LogP contribution in [-0.2, 0) is 6.42 Å². The maximum atomic E-state index is 4.79. The minimum absolute atomic E-state index is 0.452. The fourth-order valence-corrected chi connectivity index (χ4v) is 3.94. The number of nitrogens with zero attached hydrogens (tertiary/aromatic N) is 1. The van der Waals surface area contributed by atoms with Crippen molar-refractivity contribution < 1.29 is 0 Å². The van der Waals surface area contributed by atoms with Gasteiger partial charge in [0.1, 0.15) is 0 Å². The van der Waals surface area contributed by atoms with Gasteiger partial charge in [0.05, 0.1) is 5.52 Å². The van der Waals surface area contributed by atoms with Crippen molar-refractivity contribution in [2.75, 3.05) is 0 Å². The van der Waals surface area contributed by atoms with Gasteiger partial charge in [-0.2, -0.15) is 0 Å². The number of alkyl halides is 1. The maximum absolute atomic E-state index is 4.79. The lowest BCUT2D eigenvalue weighted by Gasteiger charge is -2.29. The summed E-state index contributed by atoms with van der Waals surface area (Å²) in [6.07, 6.45) is 6.47. The van der Waals surface area contributed by atoms with Crippen molar-refractivity contribution >= 4 is 26.8 Å². The number of hydrogen-bond donors (Lipinski definition) is 0. The number of fused-ring (bicyclic) bond motifs is 1. The molecule has 100 valence electrons. The van der Waals surface area contributed by atoms with Crippen LogP contribution in [0.1, 0.15) is 38.3 Å². The first-order chi connectivity index (χ1) is 9.17. The normalized spacial score (nSPS) is 19.7. The molecule has 2 heteroatoms. The van der Waals surface area contributed by atoms with Crippen LogP contribution in [0.25, 0.3) is 10.9 Å². The van der Waals surface area contributed by atoms with Crippen LogP contribution in [0.2, 0.25) is 0 Å². The van der Waals surface area contributed by atoms with Crippen molar-refractivity contribution in [3.05, 3.63) is 42.1 Å². The van der Waals surface area contributed by atoms with Gasteiger partial charge in [0.2, 0.25) is 0 Å². The first-order valence-electron chi connectivity index (χ1n) is 7.16. The Morgan fingerprint density at radius 3 is 2.68 bits per heavy atom. The van der Waals surface area contributed by atoms with Gasteiger partial charge in [-0.05, 0) is 30.4 Å². The Morgan fingerprint density at radius 2 is 1.89 bits per heavy atom. The van der Waals surface area contributed by atoms with E-state index in [0.717, 1.165) is 11.9 Å². The van der Waals surface area contributed by atoms with Gasteiger partial charge in [-0.15, -0.1) is 0 Å². The van der Waals surface area contributed by atoms with Crippen molar-refractivity contribution in [2.45, 2.75) is 43.9 Å². The van der Waals surface area contributed by atoms with Gasteiger partial charge >= 0.3 is 0 Å². The molecule has 0 bridgehead atoms. The second-order valence-electron chi connectivity index (χ2n) is 6.03. The van der Waals surface area contributed by atoms with Crippen LogP contribution in [0.5, 0.6) is 0 Å². The predicted molar refractivity (Wildman–Crippen MR) is 84.7 cm³/mol. The van der Waals surface area contributed by atoms with E-state index in [1.54, 1.807) is 0 Å². The van der Waals surface area contributed by atoms with Crippen LogP contribution in [0, 0.1) is 5.41 Å². The highest BCUT2D eigenvalue weighted by atomic mass is 79.9. The Balaban J connectivity index is 1.81. The molecule has 0 saturated heterocycles. The van der Waals surface area contributed by atoms with E-state index < -0.39 is 0 Å². The Hall–Kier alpha value is -0.890. The predicted octanol–water partition coefficient (Wildman–Crippen LogP) is 5.12. The van der Waals surface area contributed by atoms with Gasteiger partial charge in [0.25, 0.3) is 0 Å². The molecule has 0 spiro atoms. The zero-order valence-corrected chi connectivity index (χ0v) is 13.0. The van der Waals surface area contributed by atoms with E-state index in [4.69, 9.17) is 4.98 Å². The lowest BCUT2D eigenvalue weighted by molar-refractivity contribution is 0.324. The summed E-state index contributed by atoms with van der Waals surface area (Å²) in [4.78, 5) is 5.33. The monoisotopic (exact) mass is 317 g/mol. The summed E-state index contributed by atoms with van der Waals surface area (Å²) in [6, 6.07) is 12.7. The molecule has 0 aliphatic heterocycles. The molecule has 0 amide bonds. The number of aromatic nitrogens is 1. The summed E-state index contributed by atoms with van der Waals surface area (Å²) in [5.74, 6) is 0. The second-order valence-corrected chi connectivity index (χ2v) is 7.13. The summed E-state index contributed by atoms with van der Waals surface area (Å²) < 4.78 is 0. The zero-order chi connectivity index (χ0) is 13.3. The van der Waals surface area contributed by atoms with Gasteiger partial charge in [-0.1, -0.05) is 60.0 Å². The van der Waals surface area contributed by atoms with Gasteiger partial charge in [0, 0.05) is 22.3 Å². The van der Waals surface area contributed by atoms with Gasteiger partial charge in [0.15, 0.2) is 0 Å². The maximum Gasteiger partial charge on any atom is 0.0705 e. The minimum Gasteiger partial charge on any atom is -0.253 e. The summed E-state index contributed by atoms with van der Waals surface area (Å²) >= 11 is 3.92. The quantitative estimate of drug-likeness (QED) is 0.716. The zero-order valence-electron chi connectivity index (χ0n) is 11.4.